The van der Waals surface area contributed by atoms with E-state index in [1.807, 2.05) is 36.4 Å². The molecule has 1 heterocycles. The van der Waals surface area contributed by atoms with Gasteiger partial charge in [0.25, 0.3) is 0 Å². The molecular formula is C29H36BrFN2O2Si. The van der Waals surface area contributed by atoms with Gasteiger partial charge in [0.05, 0.1) is 12.7 Å². The number of halogens is 2. The van der Waals surface area contributed by atoms with Gasteiger partial charge >= 0.3 is 0 Å². The van der Waals surface area contributed by atoms with Crippen molar-refractivity contribution >= 4 is 32.5 Å². The molecular weight excluding hydrogens is 535 g/mol. The molecule has 0 bridgehead atoms. The number of Topliss-reactive ketones (excluding diaryl/α,β-unsaturated/α-hetero) is 1. The Morgan fingerprint density at radius 1 is 0.944 bits per heavy atom. The van der Waals surface area contributed by atoms with E-state index in [1.165, 1.54) is 12.1 Å². The van der Waals surface area contributed by atoms with E-state index in [9.17, 15) is 9.18 Å². The van der Waals surface area contributed by atoms with Crippen LogP contribution in [-0.4, -0.2) is 39.2 Å². The Morgan fingerprint density at radius 3 is 1.97 bits per heavy atom. The summed E-state index contributed by atoms with van der Waals surface area (Å²) in [6.45, 7) is 6.81. The third-order valence-electron chi connectivity index (χ3n) is 6.66. The first-order valence-electron chi connectivity index (χ1n) is 12.3. The molecule has 1 fully saturated rings. The second kappa shape index (κ2) is 11.9. The lowest BCUT2D eigenvalue weighted by atomic mass is 9.79. The summed E-state index contributed by atoms with van der Waals surface area (Å²) in [6.07, 6.45) is 1.31. The first kappa shape index (κ1) is 28.4. The van der Waals surface area contributed by atoms with Gasteiger partial charge in [-0.15, -0.1) is 17.0 Å². The molecule has 2 atom stereocenters. The number of carbonyl (C=O) groups is 1. The first-order valence-corrected chi connectivity index (χ1v) is 13.5. The molecule has 4 rings (SSSR count). The van der Waals surface area contributed by atoms with Gasteiger partial charge in [-0.3, -0.25) is 9.69 Å². The zero-order valence-corrected chi connectivity index (χ0v) is 24.3. The van der Waals surface area contributed by atoms with Crippen LogP contribution in [0.15, 0.2) is 84.9 Å². The molecule has 0 saturated carbocycles. The number of hydrogen-bond donors (Lipinski definition) is 1. The molecule has 0 radical (unpaired) electrons. The standard InChI is InChI=1S/C29H35FN2O2Si.BrH/c1-28(2,3)35-34-29(22-10-6-4-7-11-22,23-12-8-5-9-13-23)26-18-19-27(31)32(26)20-25(33)21-14-16-24(30)17-15-21;/h4-17,26-27H,18-20,31,35H2,1-3H3;1H/t26?,27-;/m1./s1. The minimum atomic E-state index is -0.992. The molecule has 36 heavy (non-hydrogen) atoms. The average Bonchev–Trinajstić information content (AvgIpc) is 3.21. The lowest BCUT2D eigenvalue weighted by molar-refractivity contribution is 0.00891. The van der Waals surface area contributed by atoms with Gasteiger partial charge in [-0.25, -0.2) is 4.39 Å². The number of rotatable bonds is 8. The fourth-order valence-corrected chi connectivity index (χ4v) is 6.15. The van der Waals surface area contributed by atoms with Crippen molar-refractivity contribution in [1.82, 2.24) is 4.90 Å². The maximum Gasteiger partial charge on any atom is 0.176 e. The molecule has 1 aliphatic heterocycles. The summed E-state index contributed by atoms with van der Waals surface area (Å²) < 4.78 is 20.6. The van der Waals surface area contributed by atoms with Gasteiger partial charge < -0.3 is 10.2 Å². The second-order valence-electron chi connectivity index (χ2n) is 10.6. The van der Waals surface area contributed by atoms with Crippen molar-refractivity contribution < 1.29 is 13.6 Å². The van der Waals surface area contributed by atoms with E-state index in [2.05, 4.69) is 49.9 Å². The Bertz CT molecular complexity index is 1080. The first-order chi connectivity index (χ1) is 16.7. The fourth-order valence-electron chi connectivity index (χ4n) is 4.96. The predicted molar refractivity (Wildman–Crippen MR) is 152 cm³/mol. The topological polar surface area (TPSA) is 55.6 Å². The van der Waals surface area contributed by atoms with Crippen molar-refractivity contribution in [2.24, 2.45) is 5.73 Å². The Balaban J connectivity index is 0.00000361. The van der Waals surface area contributed by atoms with E-state index in [0.717, 1.165) is 24.0 Å². The third kappa shape index (κ3) is 6.21. The summed E-state index contributed by atoms with van der Waals surface area (Å²) >= 11 is 0. The van der Waals surface area contributed by atoms with Gasteiger partial charge in [0.1, 0.15) is 11.4 Å². The van der Waals surface area contributed by atoms with Crippen LogP contribution >= 0.6 is 17.0 Å². The Hall–Kier alpha value is -2.16. The van der Waals surface area contributed by atoms with Crippen molar-refractivity contribution in [1.29, 1.82) is 0 Å². The molecule has 192 valence electrons. The highest BCUT2D eigenvalue weighted by Crippen LogP contribution is 2.45. The number of ketones is 1. The van der Waals surface area contributed by atoms with Crippen LogP contribution in [0.25, 0.3) is 0 Å². The van der Waals surface area contributed by atoms with Gasteiger partial charge in [-0.2, -0.15) is 0 Å². The highest BCUT2D eigenvalue weighted by Gasteiger charge is 2.50. The van der Waals surface area contributed by atoms with Crippen LogP contribution < -0.4 is 5.73 Å². The molecule has 0 amide bonds. The SMILES string of the molecule is Br.CC(C)(C)[SiH2]OC(c1ccccc1)(c1ccccc1)C1CC[C@H](N)N1CC(=O)c1ccc(F)cc1. The second-order valence-corrected chi connectivity index (χ2v) is 13.3. The van der Waals surface area contributed by atoms with Crippen LogP contribution in [0, 0.1) is 5.82 Å². The Labute approximate surface area is 226 Å². The zero-order chi connectivity index (χ0) is 25.1. The van der Waals surface area contributed by atoms with E-state index in [-0.39, 0.29) is 52.4 Å². The number of benzene rings is 3. The van der Waals surface area contributed by atoms with Crippen LogP contribution in [0.4, 0.5) is 4.39 Å². The quantitative estimate of drug-likeness (QED) is 0.283. The fraction of sp³-hybridized carbons (Fsp3) is 0.345. The summed E-state index contributed by atoms with van der Waals surface area (Å²) in [6, 6.07) is 26.3. The van der Waals surface area contributed by atoms with Crippen molar-refractivity contribution in [2.75, 3.05) is 6.54 Å². The van der Waals surface area contributed by atoms with Crippen molar-refractivity contribution in [2.45, 2.75) is 56.5 Å². The molecule has 0 aliphatic carbocycles. The van der Waals surface area contributed by atoms with Gasteiger partial charge in [-0.05, 0) is 53.3 Å². The van der Waals surface area contributed by atoms with Gasteiger partial charge in [0.2, 0.25) is 0 Å². The summed E-state index contributed by atoms with van der Waals surface area (Å²) in [7, 11) is -0.992. The van der Waals surface area contributed by atoms with Crippen molar-refractivity contribution in [3.63, 3.8) is 0 Å². The molecule has 3 aromatic carbocycles. The van der Waals surface area contributed by atoms with Gasteiger partial charge in [-0.1, -0.05) is 81.4 Å². The van der Waals surface area contributed by atoms with E-state index in [0.29, 0.717) is 5.56 Å². The Kier molecular flexibility index (Phi) is 9.41. The molecule has 1 saturated heterocycles. The van der Waals surface area contributed by atoms with E-state index >= 15 is 0 Å². The highest BCUT2D eigenvalue weighted by atomic mass is 79.9. The van der Waals surface area contributed by atoms with E-state index < -0.39 is 15.4 Å². The molecule has 7 heteroatoms. The molecule has 0 aromatic heterocycles. The largest absolute Gasteiger partial charge is 0.409 e. The number of hydrogen-bond acceptors (Lipinski definition) is 4. The maximum atomic E-state index is 13.4. The summed E-state index contributed by atoms with van der Waals surface area (Å²) in [5.41, 5.74) is 8.50. The number of carbonyl (C=O) groups excluding carboxylic acids is 1. The molecule has 0 spiro atoms. The number of nitrogens with zero attached hydrogens (tertiary/aromatic N) is 1. The monoisotopic (exact) mass is 570 g/mol. The van der Waals surface area contributed by atoms with Crippen LogP contribution in [-0.2, 0) is 10.0 Å². The van der Waals surface area contributed by atoms with E-state index in [4.69, 9.17) is 10.2 Å². The van der Waals surface area contributed by atoms with Crippen LogP contribution in [0.5, 0.6) is 0 Å². The maximum absolute atomic E-state index is 13.4. The molecule has 1 unspecified atom stereocenters. The predicted octanol–water partition coefficient (Wildman–Crippen LogP) is 5.60. The lowest BCUT2D eigenvalue weighted by Gasteiger charge is -2.46. The molecule has 1 aliphatic rings. The van der Waals surface area contributed by atoms with Crippen LogP contribution in [0.2, 0.25) is 5.04 Å². The zero-order valence-electron chi connectivity index (χ0n) is 21.2. The lowest BCUT2D eigenvalue weighted by Crippen LogP contribution is -2.55. The van der Waals surface area contributed by atoms with E-state index in [1.54, 1.807) is 12.1 Å². The van der Waals surface area contributed by atoms with Gasteiger partial charge in [0.15, 0.2) is 15.5 Å². The number of nitrogens with two attached hydrogens (primary N) is 1. The normalized spacial score (nSPS) is 18.9. The summed E-state index contributed by atoms with van der Waals surface area (Å²) in [4.78, 5) is 15.4. The molecule has 3 aromatic rings. The molecule has 4 nitrogen and oxygen atoms in total. The highest BCUT2D eigenvalue weighted by molar-refractivity contribution is 8.93. The Morgan fingerprint density at radius 2 is 1.47 bits per heavy atom. The molecule has 2 N–H and O–H groups in total. The minimum absolute atomic E-state index is 0. The van der Waals surface area contributed by atoms with Crippen molar-refractivity contribution in [3.05, 3.63) is 107 Å². The van der Waals surface area contributed by atoms with Crippen LogP contribution in [0.1, 0.15) is 55.1 Å². The summed E-state index contributed by atoms with van der Waals surface area (Å²) in [5.74, 6) is -0.430. The third-order valence-corrected chi connectivity index (χ3v) is 8.13. The van der Waals surface area contributed by atoms with Gasteiger partial charge in [0, 0.05) is 11.6 Å². The number of likely N-dealkylation sites (tertiary alicyclic amines) is 1. The average molecular weight is 572 g/mol. The van der Waals surface area contributed by atoms with Crippen molar-refractivity contribution in [3.8, 4) is 0 Å². The smallest absolute Gasteiger partial charge is 0.176 e. The van der Waals surface area contributed by atoms with Crippen LogP contribution in [0.3, 0.4) is 0 Å². The summed E-state index contributed by atoms with van der Waals surface area (Å²) in [5, 5.41) is 0.0737. The minimum Gasteiger partial charge on any atom is -0.409 e.